The highest BCUT2D eigenvalue weighted by Crippen LogP contribution is 2.18. The molecule has 0 aliphatic heterocycles. The third-order valence-corrected chi connectivity index (χ3v) is 3.48. The Morgan fingerprint density at radius 2 is 2.05 bits per heavy atom. The van der Waals surface area contributed by atoms with E-state index in [-0.39, 0.29) is 11.9 Å². The molecule has 0 fully saturated rings. The van der Waals surface area contributed by atoms with E-state index >= 15 is 0 Å². The van der Waals surface area contributed by atoms with Gasteiger partial charge in [-0.3, -0.25) is 4.79 Å². The van der Waals surface area contributed by atoms with Crippen LogP contribution in [0, 0.1) is 0 Å². The van der Waals surface area contributed by atoms with Gasteiger partial charge in [0.15, 0.2) is 0 Å². The molecule has 0 saturated heterocycles. The summed E-state index contributed by atoms with van der Waals surface area (Å²) >= 11 is 6.02. The van der Waals surface area contributed by atoms with Gasteiger partial charge >= 0.3 is 0 Å². The molecule has 0 unspecified atom stereocenters. The third-order valence-electron chi connectivity index (χ3n) is 3.29. The number of amides is 1. The smallest absolute Gasteiger partial charge is 0.254 e. The Bertz CT molecular complexity index is 463. The summed E-state index contributed by atoms with van der Waals surface area (Å²) in [6.45, 7) is 9.74. The van der Waals surface area contributed by atoms with Crippen LogP contribution in [0.1, 0.15) is 57.3 Å². The van der Waals surface area contributed by atoms with E-state index in [1.54, 1.807) is 12.1 Å². The monoisotopic (exact) mass is 311 g/mol. The number of rotatable bonds is 8. The second-order valence-corrected chi connectivity index (χ2v) is 5.78. The normalized spacial score (nSPS) is 10.8. The van der Waals surface area contributed by atoms with E-state index in [9.17, 15) is 4.79 Å². The van der Waals surface area contributed by atoms with Crippen molar-refractivity contribution in [2.75, 3.05) is 18.4 Å². The van der Waals surface area contributed by atoms with Crippen molar-refractivity contribution in [2.24, 2.45) is 0 Å². The summed E-state index contributed by atoms with van der Waals surface area (Å²) < 4.78 is 0. The van der Waals surface area contributed by atoms with Gasteiger partial charge in [0.05, 0.1) is 0 Å². The van der Waals surface area contributed by atoms with Crippen molar-refractivity contribution in [3.8, 4) is 0 Å². The number of anilines is 1. The topological polar surface area (TPSA) is 45.2 Å². The predicted octanol–water partition coefficient (Wildman–Crippen LogP) is 4.21. The summed E-state index contributed by atoms with van der Waals surface area (Å²) in [5, 5.41) is 3.44. The Kier molecular flexibility index (Phi) is 7.51. The van der Waals surface area contributed by atoms with E-state index < -0.39 is 0 Å². The molecule has 21 heavy (non-hydrogen) atoms. The van der Waals surface area contributed by atoms with E-state index in [1.165, 1.54) is 0 Å². The summed E-state index contributed by atoms with van der Waals surface area (Å²) in [7, 11) is 0. The molecule has 5 heteroatoms. The molecule has 0 spiro atoms. The number of unbranched alkanes of at least 4 members (excludes halogenated alkanes) is 2. The zero-order valence-electron chi connectivity index (χ0n) is 13.4. The highest BCUT2D eigenvalue weighted by Gasteiger charge is 2.19. The van der Waals surface area contributed by atoms with Crippen LogP contribution in [-0.4, -0.2) is 34.9 Å². The summed E-state index contributed by atoms with van der Waals surface area (Å²) in [5.74, 6) is 0.662. The first kappa shape index (κ1) is 17.8. The van der Waals surface area contributed by atoms with E-state index in [2.05, 4.69) is 17.2 Å². The van der Waals surface area contributed by atoms with Crippen LogP contribution in [0.2, 0.25) is 5.15 Å². The maximum atomic E-state index is 12.7. The van der Waals surface area contributed by atoms with Crippen LogP contribution in [0.4, 0.5) is 5.82 Å². The second kappa shape index (κ2) is 8.88. The average Bonchev–Trinajstić information content (AvgIpc) is 2.42. The lowest BCUT2D eigenvalue weighted by Gasteiger charge is -2.27. The first-order valence-corrected chi connectivity index (χ1v) is 8.09. The molecular formula is C16H26ClN3O. The molecule has 0 bridgehead atoms. The van der Waals surface area contributed by atoms with Crippen LogP contribution in [0.3, 0.4) is 0 Å². The van der Waals surface area contributed by atoms with Crippen molar-refractivity contribution in [3.05, 3.63) is 22.8 Å². The summed E-state index contributed by atoms with van der Waals surface area (Å²) in [4.78, 5) is 18.8. The molecule has 1 amide bonds. The van der Waals surface area contributed by atoms with Crippen molar-refractivity contribution in [3.63, 3.8) is 0 Å². The molecule has 0 aliphatic carbocycles. The van der Waals surface area contributed by atoms with Gasteiger partial charge in [-0.2, -0.15) is 0 Å². The Balaban J connectivity index is 2.92. The van der Waals surface area contributed by atoms with Crippen LogP contribution >= 0.6 is 11.6 Å². The molecule has 1 aromatic heterocycles. The minimum atomic E-state index is 0.0181. The minimum absolute atomic E-state index is 0.0181. The largest absolute Gasteiger partial charge is 0.370 e. The highest BCUT2D eigenvalue weighted by molar-refractivity contribution is 6.29. The lowest BCUT2D eigenvalue weighted by molar-refractivity contribution is 0.0702. The predicted molar refractivity (Wildman–Crippen MR) is 89.1 cm³/mol. The fourth-order valence-corrected chi connectivity index (χ4v) is 2.39. The summed E-state index contributed by atoms with van der Waals surface area (Å²) in [6.07, 6.45) is 3.31. The number of nitrogens with zero attached hydrogens (tertiary/aromatic N) is 2. The molecule has 0 saturated carbocycles. The van der Waals surface area contributed by atoms with Crippen molar-refractivity contribution < 1.29 is 4.79 Å². The fraction of sp³-hybridized carbons (Fsp3) is 0.625. The number of carbonyl (C=O) groups is 1. The Hall–Kier alpha value is -1.29. The zero-order valence-corrected chi connectivity index (χ0v) is 14.2. The van der Waals surface area contributed by atoms with Crippen LogP contribution in [0.15, 0.2) is 12.1 Å². The molecule has 1 aromatic rings. The van der Waals surface area contributed by atoms with Crippen LogP contribution in [-0.2, 0) is 0 Å². The number of nitrogens with one attached hydrogen (secondary N) is 1. The van der Waals surface area contributed by atoms with Crippen molar-refractivity contribution in [1.82, 2.24) is 9.88 Å². The maximum Gasteiger partial charge on any atom is 0.254 e. The molecule has 0 aliphatic rings. The molecule has 0 aromatic carbocycles. The van der Waals surface area contributed by atoms with Gasteiger partial charge in [0, 0.05) is 24.7 Å². The van der Waals surface area contributed by atoms with Gasteiger partial charge in [-0.1, -0.05) is 31.4 Å². The minimum Gasteiger partial charge on any atom is -0.370 e. The number of halogens is 1. The van der Waals surface area contributed by atoms with Gasteiger partial charge in [-0.05, 0) is 39.3 Å². The van der Waals surface area contributed by atoms with Gasteiger partial charge in [0.2, 0.25) is 0 Å². The second-order valence-electron chi connectivity index (χ2n) is 5.39. The van der Waals surface area contributed by atoms with Crippen LogP contribution < -0.4 is 5.32 Å². The van der Waals surface area contributed by atoms with Gasteiger partial charge in [-0.25, -0.2) is 4.98 Å². The first-order chi connectivity index (χ1) is 9.99. The fourth-order valence-electron chi connectivity index (χ4n) is 2.18. The van der Waals surface area contributed by atoms with Gasteiger partial charge in [-0.15, -0.1) is 0 Å². The Morgan fingerprint density at radius 3 is 2.62 bits per heavy atom. The van der Waals surface area contributed by atoms with Gasteiger partial charge in [0.1, 0.15) is 11.0 Å². The summed E-state index contributed by atoms with van der Waals surface area (Å²) in [5.41, 5.74) is 0.594. The van der Waals surface area contributed by atoms with Gasteiger partial charge in [0.25, 0.3) is 5.91 Å². The average molecular weight is 312 g/mol. The van der Waals surface area contributed by atoms with Crippen molar-refractivity contribution in [1.29, 1.82) is 0 Å². The molecule has 1 heterocycles. The lowest BCUT2D eigenvalue weighted by atomic mass is 10.1. The number of pyridine rings is 1. The number of hydrogen-bond donors (Lipinski definition) is 1. The quantitative estimate of drug-likeness (QED) is 0.578. The van der Waals surface area contributed by atoms with E-state index in [1.807, 2.05) is 25.7 Å². The van der Waals surface area contributed by atoms with E-state index in [0.29, 0.717) is 16.5 Å². The Labute approximate surface area is 132 Å². The van der Waals surface area contributed by atoms with E-state index in [0.717, 1.165) is 32.4 Å². The van der Waals surface area contributed by atoms with Crippen molar-refractivity contribution >= 4 is 23.3 Å². The summed E-state index contributed by atoms with van der Waals surface area (Å²) in [6, 6.07) is 3.58. The van der Waals surface area contributed by atoms with Crippen molar-refractivity contribution in [2.45, 2.75) is 53.0 Å². The molecule has 1 rings (SSSR count). The van der Waals surface area contributed by atoms with Crippen LogP contribution in [0.5, 0.6) is 0 Å². The maximum absolute atomic E-state index is 12.7. The molecule has 118 valence electrons. The molecule has 1 N–H and O–H groups in total. The molecule has 0 atom stereocenters. The number of aromatic nitrogens is 1. The standard InChI is InChI=1S/C16H26ClN3O/c1-5-7-8-9-20(12(3)4)16(21)13-10-14(17)19-15(11-13)18-6-2/h10-12H,5-9H2,1-4H3,(H,18,19). The van der Waals surface area contributed by atoms with Crippen LogP contribution in [0.25, 0.3) is 0 Å². The van der Waals surface area contributed by atoms with Gasteiger partial charge < -0.3 is 10.2 Å². The zero-order chi connectivity index (χ0) is 15.8. The van der Waals surface area contributed by atoms with E-state index in [4.69, 9.17) is 11.6 Å². The number of hydrogen-bond acceptors (Lipinski definition) is 3. The first-order valence-electron chi connectivity index (χ1n) is 7.72. The Morgan fingerprint density at radius 1 is 1.33 bits per heavy atom. The molecule has 4 nitrogen and oxygen atoms in total. The number of carbonyl (C=O) groups excluding carboxylic acids is 1. The molecular weight excluding hydrogens is 286 g/mol. The lowest BCUT2D eigenvalue weighted by Crippen LogP contribution is -2.37. The SMILES string of the molecule is CCCCCN(C(=O)c1cc(Cl)nc(NCC)c1)C(C)C. The third kappa shape index (κ3) is 5.54. The molecule has 0 radical (unpaired) electrons. The highest BCUT2D eigenvalue weighted by atomic mass is 35.5.